The Morgan fingerprint density at radius 3 is 2.29 bits per heavy atom. The van der Waals surface area contributed by atoms with E-state index in [1.165, 1.54) is 0 Å². The van der Waals surface area contributed by atoms with Gasteiger partial charge in [-0.25, -0.2) is 0 Å². The molecule has 0 heterocycles. The number of rotatable bonds is 7. The first-order valence-corrected chi connectivity index (χ1v) is 6.80. The predicted octanol–water partition coefficient (Wildman–Crippen LogP) is 2.43. The van der Waals surface area contributed by atoms with Crippen molar-refractivity contribution in [3.63, 3.8) is 0 Å². The first-order valence-electron chi connectivity index (χ1n) is 6.27. The van der Waals surface area contributed by atoms with Gasteiger partial charge in [0.2, 0.25) is 5.91 Å². The van der Waals surface area contributed by atoms with Crippen molar-refractivity contribution in [3.8, 4) is 0 Å². The molecule has 0 spiro atoms. The molecule has 100 valence electrons. The van der Waals surface area contributed by atoms with Crippen molar-refractivity contribution >= 4 is 17.5 Å². The first kappa shape index (κ1) is 14.8. The fourth-order valence-electron chi connectivity index (χ4n) is 2.50. The summed E-state index contributed by atoms with van der Waals surface area (Å²) in [6.45, 7) is 10.5. The zero-order chi connectivity index (χ0) is 13.1. The van der Waals surface area contributed by atoms with Gasteiger partial charge in [-0.2, -0.15) is 0 Å². The summed E-state index contributed by atoms with van der Waals surface area (Å²) in [4.78, 5) is 12.0. The standard InChI is InChI=1S/C13H24ClNO2/c1-12(2)10(13(12,3)4)11(16)15-7-5-8-17-9-6-14/h10H,5-9H2,1-4H3,(H,15,16). The molecular formula is C13H24ClNO2. The first-order chi connectivity index (χ1) is 7.85. The molecule has 4 heteroatoms. The lowest BCUT2D eigenvalue weighted by Crippen LogP contribution is -2.29. The van der Waals surface area contributed by atoms with Gasteiger partial charge in [-0.05, 0) is 17.3 Å². The van der Waals surface area contributed by atoms with Gasteiger partial charge in [0.25, 0.3) is 0 Å². The molecule has 1 aliphatic rings. The van der Waals surface area contributed by atoms with Gasteiger partial charge in [0.05, 0.1) is 6.61 Å². The SMILES string of the molecule is CC1(C)C(C(=O)NCCCOCCCl)C1(C)C. The van der Waals surface area contributed by atoms with E-state index in [0.29, 0.717) is 25.6 Å². The number of halogens is 1. The maximum atomic E-state index is 12.0. The van der Waals surface area contributed by atoms with Crippen molar-refractivity contribution in [2.24, 2.45) is 16.7 Å². The Bertz CT molecular complexity index is 263. The van der Waals surface area contributed by atoms with Crippen LogP contribution in [0.2, 0.25) is 0 Å². The lowest BCUT2D eigenvalue weighted by Gasteiger charge is -2.06. The summed E-state index contributed by atoms with van der Waals surface area (Å²) in [5.74, 6) is 0.840. The number of alkyl halides is 1. The molecule has 0 radical (unpaired) electrons. The van der Waals surface area contributed by atoms with E-state index in [1.54, 1.807) is 0 Å². The quantitative estimate of drug-likeness (QED) is 0.565. The molecule has 1 aliphatic carbocycles. The Labute approximate surface area is 109 Å². The van der Waals surface area contributed by atoms with Gasteiger partial charge in [-0.3, -0.25) is 4.79 Å². The normalized spacial score (nSPS) is 21.2. The minimum atomic E-state index is 0.117. The Kier molecular flexibility index (Phi) is 4.85. The zero-order valence-corrected chi connectivity index (χ0v) is 12.1. The van der Waals surface area contributed by atoms with Crippen LogP contribution in [-0.4, -0.2) is 31.5 Å². The van der Waals surface area contributed by atoms with Crippen molar-refractivity contribution in [1.82, 2.24) is 5.32 Å². The van der Waals surface area contributed by atoms with Crippen LogP contribution in [-0.2, 0) is 9.53 Å². The third-order valence-electron chi connectivity index (χ3n) is 4.27. The Balaban J connectivity index is 2.15. The highest BCUT2D eigenvalue weighted by molar-refractivity contribution is 6.17. The van der Waals surface area contributed by atoms with Crippen LogP contribution < -0.4 is 5.32 Å². The Morgan fingerprint density at radius 2 is 1.82 bits per heavy atom. The zero-order valence-electron chi connectivity index (χ0n) is 11.3. The third kappa shape index (κ3) is 3.14. The Morgan fingerprint density at radius 1 is 1.24 bits per heavy atom. The van der Waals surface area contributed by atoms with E-state index >= 15 is 0 Å². The molecule has 1 saturated carbocycles. The van der Waals surface area contributed by atoms with Gasteiger partial charge >= 0.3 is 0 Å². The highest BCUT2D eigenvalue weighted by Gasteiger charge is 2.68. The van der Waals surface area contributed by atoms with Crippen molar-refractivity contribution in [2.75, 3.05) is 25.6 Å². The van der Waals surface area contributed by atoms with E-state index in [1.807, 2.05) is 0 Å². The van der Waals surface area contributed by atoms with Crippen molar-refractivity contribution < 1.29 is 9.53 Å². The van der Waals surface area contributed by atoms with Crippen molar-refractivity contribution in [3.05, 3.63) is 0 Å². The van der Waals surface area contributed by atoms with Crippen LogP contribution in [0.4, 0.5) is 0 Å². The number of carbonyl (C=O) groups is 1. The monoisotopic (exact) mass is 261 g/mol. The highest BCUT2D eigenvalue weighted by atomic mass is 35.5. The van der Waals surface area contributed by atoms with Gasteiger partial charge in [-0.15, -0.1) is 11.6 Å². The molecule has 0 aromatic heterocycles. The lowest BCUT2D eigenvalue weighted by molar-refractivity contribution is -0.123. The van der Waals surface area contributed by atoms with Gasteiger partial charge < -0.3 is 10.1 Å². The molecule has 0 bridgehead atoms. The van der Waals surface area contributed by atoms with Crippen LogP contribution >= 0.6 is 11.6 Å². The van der Waals surface area contributed by atoms with E-state index in [0.717, 1.165) is 6.42 Å². The van der Waals surface area contributed by atoms with Crippen LogP contribution in [0, 0.1) is 16.7 Å². The molecular weight excluding hydrogens is 238 g/mol. The molecule has 1 N–H and O–H groups in total. The smallest absolute Gasteiger partial charge is 0.224 e. The van der Waals surface area contributed by atoms with Crippen LogP contribution in [0.15, 0.2) is 0 Å². The number of hydrogen-bond acceptors (Lipinski definition) is 2. The van der Waals surface area contributed by atoms with Crippen molar-refractivity contribution in [2.45, 2.75) is 34.1 Å². The maximum Gasteiger partial charge on any atom is 0.224 e. The molecule has 0 atom stereocenters. The van der Waals surface area contributed by atoms with E-state index < -0.39 is 0 Å². The second-order valence-corrected chi connectivity index (χ2v) is 6.20. The molecule has 1 amide bonds. The molecule has 0 aromatic rings. The summed E-state index contributed by atoms with van der Waals surface area (Å²) in [5.41, 5.74) is 0.235. The summed E-state index contributed by atoms with van der Waals surface area (Å²) < 4.78 is 5.24. The van der Waals surface area contributed by atoms with Crippen LogP contribution in [0.5, 0.6) is 0 Å². The van der Waals surface area contributed by atoms with Gasteiger partial charge in [0.1, 0.15) is 0 Å². The minimum Gasteiger partial charge on any atom is -0.380 e. The molecule has 3 nitrogen and oxygen atoms in total. The Hall–Kier alpha value is -0.280. The molecule has 0 aliphatic heterocycles. The predicted molar refractivity (Wildman–Crippen MR) is 70.2 cm³/mol. The summed E-state index contributed by atoms with van der Waals surface area (Å²) in [6, 6.07) is 0. The number of amides is 1. The molecule has 1 fully saturated rings. The van der Waals surface area contributed by atoms with Crippen LogP contribution in [0.1, 0.15) is 34.1 Å². The average Bonchev–Trinajstić information content (AvgIpc) is 2.63. The fraction of sp³-hybridized carbons (Fsp3) is 0.923. The highest BCUT2D eigenvalue weighted by Crippen LogP contribution is 2.68. The number of nitrogens with one attached hydrogen (secondary N) is 1. The second kappa shape index (κ2) is 5.57. The number of carbonyl (C=O) groups excluding carboxylic acids is 1. The van der Waals surface area contributed by atoms with E-state index in [-0.39, 0.29) is 22.7 Å². The summed E-state index contributed by atoms with van der Waals surface area (Å²) in [7, 11) is 0. The van der Waals surface area contributed by atoms with E-state index in [9.17, 15) is 4.79 Å². The van der Waals surface area contributed by atoms with Gasteiger partial charge in [0.15, 0.2) is 0 Å². The van der Waals surface area contributed by atoms with Crippen LogP contribution in [0.3, 0.4) is 0 Å². The molecule has 0 unspecified atom stereocenters. The largest absolute Gasteiger partial charge is 0.380 e. The summed E-state index contributed by atoms with van der Waals surface area (Å²) >= 11 is 5.48. The molecule has 17 heavy (non-hydrogen) atoms. The van der Waals surface area contributed by atoms with Crippen molar-refractivity contribution in [1.29, 1.82) is 0 Å². The maximum absolute atomic E-state index is 12.0. The topological polar surface area (TPSA) is 38.3 Å². The van der Waals surface area contributed by atoms with Gasteiger partial charge in [0, 0.05) is 24.9 Å². The second-order valence-electron chi connectivity index (χ2n) is 5.82. The van der Waals surface area contributed by atoms with Gasteiger partial charge in [-0.1, -0.05) is 27.7 Å². The summed E-state index contributed by atoms with van der Waals surface area (Å²) in [6.07, 6.45) is 0.843. The van der Waals surface area contributed by atoms with E-state index in [4.69, 9.17) is 16.3 Å². The minimum absolute atomic E-state index is 0.117. The average molecular weight is 262 g/mol. The number of ether oxygens (including phenoxy) is 1. The molecule has 0 saturated heterocycles. The van der Waals surface area contributed by atoms with Crippen LogP contribution in [0.25, 0.3) is 0 Å². The molecule has 1 rings (SSSR count). The fourth-order valence-corrected chi connectivity index (χ4v) is 2.61. The summed E-state index contributed by atoms with van der Waals surface area (Å²) in [5, 5.41) is 2.98. The lowest BCUT2D eigenvalue weighted by atomic mass is 10.0. The molecule has 0 aromatic carbocycles. The number of hydrogen-bond donors (Lipinski definition) is 1. The van der Waals surface area contributed by atoms with E-state index in [2.05, 4.69) is 33.0 Å². The third-order valence-corrected chi connectivity index (χ3v) is 4.42.